The highest BCUT2D eigenvalue weighted by Crippen LogP contribution is 2.17. The van der Waals surface area contributed by atoms with Crippen molar-refractivity contribution < 1.29 is 4.74 Å². The van der Waals surface area contributed by atoms with Crippen molar-refractivity contribution in [1.29, 1.82) is 0 Å². The lowest BCUT2D eigenvalue weighted by Crippen LogP contribution is -2.41. The van der Waals surface area contributed by atoms with Crippen LogP contribution in [0.25, 0.3) is 0 Å². The average Bonchev–Trinajstić information content (AvgIpc) is 3.14. The molecule has 0 aliphatic carbocycles. The molecule has 0 bridgehead atoms. The number of guanidine groups is 1. The van der Waals surface area contributed by atoms with Crippen molar-refractivity contribution in [1.82, 2.24) is 15.1 Å². The summed E-state index contributed by atoms with van der Waals surface area (Å²) in [5, 5.41) is 3.44. The van der Waals surface area contributed by atoms with Crippen molar-refractivity contribution >= 4 is 5.96 Å². The van der Waals surface area contributed by atoms with Crippen LogP contribution in [0.3, 0.4) is 0 Å². The molecule has 5 nitrogen and oxygen atoms in total. The van der Waals surface area contributed by atoms with Gasteiger partial charge in [0.25, 0.3) is 0 Å². The van der Waals surface area contributed by atoms with Crippen LogP contribution in [0.5, 0.6) is 0 Å². The van der Waals surface area contributed by atoms with Crippen LogP contribution in [0.2, 0.25) is 0 Å². The minimum atomic E-state index is 0.653. The van der Waals surface area contributed by atoms with Gasteiger partial charge in [-0.3, -0.25) is 4.99 Å². The number of likely N-dealkylation sites (tertiary alicyclic amines) is 1. The second-order valence-corrected chi connectivity index (χ2v) is 6.86. The number of aliphatic imine (C=N–C) groups is 1. The van der Waals surface area contributed by atoms with Gasteiger partial charge in [0, 0.05) is 26.2 Å². The maximum absolute atomic E-state index is 5.75. The van der Waals surface area contributed by atoms with Gasteiger partial charge in [0.1, 0.15) is 0 Å². The zero-order valence-corrected chi connectivity index (χ0v) is 16.8. The van der Waals surface area contributed by atoms with Crippen molar-refractivity contribution in [3.63, 3.8) is 0 Å². The third-order valence-corrected chi connectivity index (χ3v) is 4.94. The molecule has 1 fully saturated rings. The van der Waals surface area contributed by atoms with Gasteiger partial charge in [0.2, 0.25) is 0 Å². The molecule has 0 amide bonds. The molecular formula is C21H36N4O. The van der Waals surface area contributed by atoms with E-state index in [0.29, 0.717) is 19.8 Å². The highest BCUT2D eigenvalue weighted by molar-refractivity contribution is 5.80. The molecule has 0 spiro atoms. The molecule has 0 radical (unpaired) electrons. The van der Waals surface area contributed by atoms with E-state index in [4.69, 9.17) is 9.73 Å². The Hall–Kier alpha value is -1.59. The first kappa shape index (κ1) is 20.7. The van der Waals surface area contributed by atoms with Crippen molar-refractivity contribution in [3.8, 4) is 0 Å². The molecular weight excluding hydrogens is 324 g/mol. The van der Waals surface area contributed by atoms with Gasteiger partial charge in [0.05, 0.1) is 19.8 Å². The van der Waals surface area contributed by atoms with Gasteiger partial charge in [-0.05, 0) is 37.9 Å². The van der Waals surface area contributed by atoms with Crippen LogP contribution in [-0.4, -0.2) is 68.2 Å². The van der Waals surface area contributed by atoms with Crippen LogP contribution >= 0.6 is 0 Å². The van der Waals surface area contributed by atoms with Crippen molar-refractivity contribution in [2.45, 2.75) is 33.8 Å². The van der Waals surface area contributed by atoms with Gasteiger partial charge >= 0.3 is 0 Å². The van der Waals surface area contributed by atoms with Crippen molar-refractivity contribution in [2.75, 3.05) is 52.4 Å². The quantitative estimate of drug-likeness (QED) is 0.396. The van der Waals surface area contributed by atoms with Crippen molar-refractivity contribution in [2.24, 2.45) is 10.9 Å². The van der Waals surface area contributed by atoms with Gasteiger partial charge in [-0.25, -0.2) is 0 Å². The Kier molecular flexibility index (Phi) is 9.50. The molecule has 1 aliphatic rings. The molecule has 1 saturated heterocycles. The van der Waals surface area contributed by atoms with Gasteiger partial charge in [-0.15, -0.1) is 0 Å². The summed E-state index contributed by atoms with van der Waals surface area (Å²) in [5.41, 5.74) is 1.21. The van der Waals surface area contributed by atoms with Gasteiger partial charge in [-0.1, -0.05) is 44.2 Å². The van der Waals surface area contributed by atoms with E-state index in [1.807, 2.05) is 18.2 Å². The van der Waals surface area contributed by atoms with Crippen LogP contribution in [0.1, 0.15) is 32.8 Å². The smallest absolute Gasteiger partial charge is 0.194 e. The van der Waals surface area contributed by atoms with Crippen LogP contribution in [0.4, 0.5) is 0 Å². The topological polar surface area (TPSA) is 40.1 Å². The fraction of sp³-hybridized carbons (Fsp3) is 0.667. The average molecular weight is 361 g/mol. The first-order valence-corrected chi connectivity index (χ1v) is 10.1. The zero-order valence-electron chi connectivity index (χ0n) is 16.8. The third kappa shape index (κ3) is 6.96. The molecule has 1 unspecified atom stereocenters. The fourth-order valence-electron chi connectivity index (χ4n) is 3.43. The summed E-state index contributed by atoms with van der Waals surface area (Å²) >= 11 is 0. The van der Waals surface area contributed by atoms with Crippen molar-refractivity contribution in [3.05, 3.63) is 35.9 Å². The summed E-state index contributed by atoms with van der Waals surface area (Å²) in [5.74, 6) is 1.78. The predicted octanol–water partition coefficient (Wildman–Crippen LogP) is 2.83. The molecule has 2 rings (SSSR count). The molecule has 1 aromatic carbocycles. The molecule has 0 saturated carbocycles. The minimum absolute atomic E-state index is 0.653. The molecule has 1 aliphatic heterocycles. The Morgan fingerprint density at radius 1 is 1.23 bits per heavy atom. The summed E-state index contributed by atoms with van der Waals surface area (Å²) in [6.45, 7) is 15.2. The summed E-state index contributed by atoms with van der Waals surface area (Å²) in [4.78, 5) is 9.71. The number of rotatable bonds is 10. The summed E-state index contributed by atoms with van der Waals surface area (Å²) in [7, 11) is 0. The number of ether oxygens (including phenoxy) is 1. The Balaban J connectivity index is 1.75. The highest BCUT2D eigenvalue weighted by atomic mass is 16.5. The van der Waals surface area contributed by atoms with E-state index in [1.54, 1.807) is 0 Å². The Labute approximate surface area is 159 Å². The minimum Gasteiger partial charge on any atom is -0.375 e. The molecule has 5 heteroatoms. The van der Waals surface area contributed by atoms with Gasteiger partial charge in [0.15, 0.2) is 5.96 Å². The third-order valence-electron chi connectivity index (χ3n) is 4.94. The van der Waals surface area contributed by atoms with Gasteiger partial charge in [-0.2, -0.15) is 0 Å². The lowest BCUT2D eigenvalue weighted by molar-refractivity contribution is 0.128. The lowest BCUT2D eigenvalue weighted by Gasteiger charge is -2.24. The van der Waals surface area contributed by atoms with Crippen LogP contribution in [-0.2, 0) is 11.3 Å². The normalized spacial score (nSPS) is 17.9. The summed E-state index contributed by atoms with van der Waals surface area (Å²) in [6, 6.07) is 10.3. The maximum Gasteiger partial charge on any atom is 0.194 e. The monoisotopic (exact) mass is 360 g/mol. The van der Waals surface area contributed by atoms with E-state index in [9.17, 15) is 0 Å². The van der Waals surface area contributed by atoms with E-state index >= 15 is 0 Å². The van der Waals surface area contributed by atoms with E-state index < -0.39 is 0 Å². The second kappa shape index (κ2) is 11.9. The number of nitrogens with one attached hydrogen (secondary N) is 1. The maximum atomic E-state index is 5.75. The molecule has 1 N–H and O–H groups in total. The lowest BCUT2D eigenvalue weighted by atomic mass is 10.1. The van der Waals surface area contributed by atoms with E-state index in [-0.39, 0.29) is 0 Å². The Morgan fingerprint density at radius 3 is 2.69 bits per heavy atom. The second-order valence-electron chi connectivity index (χ2n) is 6.86. The van der Waals surface area contributed by atoms with Crippen LogP contribution in [0, 0.1) is 5.92 Å². The molecule has 1 aromatic rings. The predicted molar refractivity (Wildman–Crippen MR) is 110 cm³/mol. The number of nitrogens with zero attached hydrogens (tertiary/aromatic N) is 3. The molecule has 1 heterocycles. The zero-order chi connectivity index (χ0) is 18.6. The summed E-state index contributed by atoms with van der Waals surface area (Å²) < 4.78 is 5.75. The SMILES string of the molecule is CCNC(=NCCOCc1ccccc1)N1CCC(CN(CC)CC)C1. The van der Waals surface area contributed by atoms with Gasteiger partial charge < -0.3 is 19.9 Å². The first-order chi connectivity index (χ1) is 12.8. The molecule has 26 heavy (non-hydrogen) atoms. The highest BCUT2D eigenvalue weighted by Gasteiger charge is 2.25. The first-order valence-electron chi connectivity index (χ1n) is 10.1. The standard InChI is InChI=1S/C21H36N4O/c1-4-22-21(23-13-15-26-18-19-10-8-7-9-11-19)25-14-12-20(17-25)16-24(5-2)6-3/h7-11,20H,4-6,12-18H2,1-3H3,(H,22,23). The van der Waals surface area contributed by atoms with E-state index in [1.165, 1.54) is 18.5 Å². The van der Waals surface area contributed by atoms with E-state index in [0.717, 1.165) is 44.6 Å². The molecule has 146 valence electrons. The van der Waals surface area contributed by atoms with Crippen LogP contribution in [0.15, 0.2) is 35.3 Å². The Bertz CT molecular complexity index is 516. The Morgan fingerprint density at radius 2 is 2.00 bits per heavy atom. The molecule has 0 aromatic heterocycles. The largest absolute Gasteiger partial charge is 0.375 e. The fourth-order valence-corrected chi connectivity index (χ4v) is 3.43. The summed E-state index contributed by atoms with van der Waals surface area (Å²) in [6.07, 6.45) is 1.26. The van der Waals surface area contributed by atoms with E-state index in [2.05, 4.69) is 48.0 Å². The number of hydrogen-bond donors (Lipinski definition) is 1. The molecule has 1 atom stereocenters. The van der Waals surface area contributed by atoms with Crippen LogP contribution < -0.4 is 5.32 Å². The number of hydrogen-bond acceptors (Lipinski definition) is 3. The number of benzene rings is 1.